The zero-order chi connectivity index (χ0) is 13.8. The molecule has 1 aromatic heterocycles. The summed E-state index contributed by atoms with van der Waals surface area (Å²) in [6.45, 7) is 0.271. The first-order valence-corrected chi connectivity index (χ1v) is 6.22. The average molecular weight is 327 g/mol. The highest BCUT2D eigenvalue weighted by Crippen LogP contribution is 2.23. The van der Waals surface area contributed by atoms with Gasteiger partial charge >= 0.3 is 0 Å². The van der Waals surface area contributed by atoms with E-state index in [0.29, 0.717) is 27.6 Å². The summed E-state index contributed by atoms with van der Waals surface area (Å²) in [7, 11) is 1.55. The molecule has 0 atom stereocenters. The normalized spacial score (nSPS) is 10.5. The quantitative estimate of drug-likeness (QED) is 0.903. The topological polar surface area (TPSA) is 73.1 Å². The number of benzene rings is 1. The van der Waals surface area contributed by atoms with Crippen molar-refractivity contribution in [3.05, 3.63) is 40.4 Å². The molecule has 2 rings (SSSR count). The molecular weight excluding hydrogens is 315 g/mol. The number of rotatable bonds is 4. The molecule has 3 N–H and O–H groups in total. The summed E-state index contributed by atoms with van der Waals surface area (Å²) in [6.07, 6.45) is 0. The van der Waals surface area contributed by atoms with Crippen molar-refractivity contribution in [3.8, 4) is 0 Å². The number of nitrogen functional groups attached to an aromatic ring is 1. The first kappa shape index (κ1) is 13.7. The molecule has 5 nitrogen and oxygen atoms in total. The lowest BCUT2D eigenvalue weighted by atomic mass is 10.3. The minimum atomic E-state index is -0.326. The number of hydrogen-bond donors (Lipinski definition) is 2. The maximum Gasteiger partial charge on any atom is 0.158 e. The van der Waals surface area contributed by atoms with Crippen LogP contribution in [0.15, 0.2) is 28.7 Å². The molecule has 0 aliphatic carbocycles. The molecule has 0 saturated heterocycles. The molecule has 0 spiro atoms. The molecule has 7 heteroatoms. The second-order valence-electron chi connectivity index (χ2n) is 3.78. The Kier molecular flexibility index (Phi) is 4.28. The van der Waals surface area contributed by atoms with Crippen molar-refractivity contribution in [2.24, 2.45) is 0 Å². The van der Waals surface area contributed by atoms with Crippen LogP contribution in [0, 0.1) is 5.82 Å². The highest BCUT2D eigenvalue weighted by molar-refractivity contribution is 9.10. The highest BCUT2D eigenvalue weighted by atomic mass is 79.9. The van der Waals surface area contributed by atoms with Crippen LogP contribution in [-0.2, 0) is 11.3 Å². The Balaban J connectivity index is 2.24. The van der Waals surface area contributed by atoms with Crippen LogP contribution in [0.4, 0.5) is 21.7 Å². The van der Waals surface area contributed by atoms with Crippen molar-refractivity contribution in [2.75, 3.05) is 18.2 Å². The number of methoxy groups -OCH3 is 1. The molecule has 0 unspecified atom stereocenters. The third-order valence-corrected chi connectivity index (χ3v) is 2.87. The number of hydrogen-bond acceptors (Lipinski definition) is 5. The van der Waals surface area contributed by atoms with Crippen molar-refractivity contribution in [3.63, 3.8) is 0 Å². The number of nitrogens with one attached hydrogen (secondary N) is 1. The number of halogens is 2. The van der Waals surface area contributed by atoms with E-state index in [1.54, 1.807) is 25.3 Å². The Hall–Kier alpha value is -1.73. The summed E-state index contributed by atoms with van der Waals surface area (Å²) in [6, 6.07) is 6.17. The summed E-state index contributed by atoms with van der Waals surface area (Å²) < 4.78 is 18.5. The number of nitrogens with zero attached hydrogens (tertiary/aromatic N) is 2. The third kappa shape index (κ3) is 3.62. The molecule has 1 heterocycles. The van der Waals surface area contributed by atoms with Crippen LogP contribution in [-0.4, -0.2) is 17.1 Å². The summed E-state index contributed by atoms with van der Waals surface area (Å²) in [5, 5.41) is 3.03. The van der Waals surface area contributed by atoms with Gasteiger partial charge in [-0.1, -0.05) is 0 Å². The van der Waals surface area contributed by atoms with E-state index in [4.69, 9.17) is 10.5 Å². The van der Waals surface area contributed by atoms with Gasteiger partial charge in [0, 0.05) is 18.9 Å². The van der Waals surface area contributed by atoms with Gasteiger partial charge in [-0.05, 0) is 34.1 Å². The van der Waals surface area contributed by atoms with E-state index in [1.807, 2.05) is 0 Å². The highest BCUT2D eigenvalue weighted by Gasteiger charge is 2.05. The Morgan fingerprint density at radius 3 is 2.84 bits per heavy atom. The monoisotopic (exact) mass is 326 g/mol. The van der Waals surface area contributed by atoms with Crippen LogP contribution >= 0.6 is 15.9 Å². The Labute approximate surface area is 118 Å². The third-order valence-electron chi connectivity index (χ3n) is 2.26. The molecule has 100 valence electrons. The first-order valence-electron chi connectivity index (χ1n) is 5.43. The Bertz CT molecular complexity index is 594. The summed E-state index contributed by atoms with van der Waals surface area (Å²) in [4.78, 5) is 8.26. The number of anilines is 3. The second-order valence-corrected chi connectivity index (χ2v) is 4.64. The van der Waals surface area contributed by atoms with Crippen LogP contribution in [0.3, 0.4) is 0 Å². The molecule has 0 radical (unpaired) electrons. The lowest BCUT2D eigenvalue weighted by molar-refractivity contribution is 0.178. The predicted molar refractivity (Wildman–Crippen MR) is 74.5 cm³/mol. The summed E-state index contributed by atoms with van der Waals surface area (Å²) >= 11 is 3.12. The van der Waals surface area contributed by atoms with Crippen LogP contribution in [0.25, 0.3) is 0 Å². The zero-order valence-corrected chi connectivity index (χ0v) is 11.7. The van der Waals surface area contributed by atoms with Gasteiger partial charge in [0.15, 0.2) is 5.82 Å². The number of nitrogens with two attached hydrogens (primary N) is 1. The maximum atomic E-state index is 13.1. The smallest absolute Gasteiger partial charge is 0.158 e. The fourth-order valence-corrected chi connectivity index (χ4v) is 1.88. The van der Waals surface area contributed by atoms with Crippen LogP contribution in [0.5, 0.6) is 0 Å². The van der Waals surface area contributed by atoms with Crippen LogP contribution < -0.4 is 11.1 Å². The van der Waals surface area contributed by atoms with E-state index in [1.165, 1.54) is 6.07 Å². The Morgan fingerprint density at radius 1 is 1.37 bits per heavy atom. The minimum Gasteiger partial charge on any atom is -0.384 e. The number of ether oxygens (including phenoxy) is 1. The van der Waals surface area contributed by atoms with Crippen molar-refractivity contribution in [1.82, 2.24) is 9.97 Å². The zero-order valence-electron chi connectivity index (χ0n) is 10.2. The van der Waals surface area contributed by atoms with Gasteiger partial charge in [0.2, 0.25) is 0 Å². The van der Waals surface area contributed by atoms with Gasteiger partial charge in [-0.25, -0.2) is 14.4 Å². The summed E-state index contributed by atoms with van der Waals surface area (Å²) in [5.74, 6) is 1.02. The molecule has 2 aromatic rings. The molecule has 0 saturated carbocycles. The standard InChI is InChI=1S/C12H12BrFN4O/c1-19-6-12-17-10(15)5-11(18-12)16-7-2-3-9(14)8(13)4-7/h2-5H,6H2,1H3,(H3,15,16,17,18). The molecule has 0 fully saturated rings. The predicted octanol–water partition coefficient (Wildman–Crippen LogP) is 2.85. The largest absolute Gasteiger partial charge is 0.384 e. The van der Waals surface area contributed by atoms with Gasteiger partial charge in [0.25, 0.3) is 0 Å². The molecule has 0 aliphatic rings. The van der Waals surface area contributed by atoms with E-state index in [0.717, 1.165) is 0 Å². The van der Waals surface area contributed by atoms with Gasteiger partial charge in [-0.3, -0.25) is 0 Å². The van der Waals surface area contributed by atoms with Crippen LogP contribution in [0.2, 0.25) is 0 Å². The van der Waals surface area contributed by atoms with Crippen molar-refractivity contribution in [1.29, 1.82) is 0 Å². The molecule has 19 heavy (non-hydrogen) atoms. The molecule has 0 bridgehead atoms. The minimum absolute atomic E-state index is 0.271. The molecule has 0 aliphatic heterocycles. The lowest BCUT2D eigenvalue weighted by Crippen LogP contribution is -2.04. The van der Waals surface area contributed by atoms with Gasteiger partial charge < -0.3 is 15.8 Å². The molecule has 1 aromatic carbocycles. The molecule has 0 amide bonds. The van der Waals surface area contributed by atoms with Crippen LogP contribution in [0.1, 0.15) is 5.82 Å². The lowest BCUT2D eigenvalue weighted by Gasteiger charge is -2.08. The van der Waals surface area contributed by atoms with E-state index < -0.39 is 0 Å². The average Bonchev–Trinajstić information content (AvgIpc) is 2.33. The van der Waals surface area contributed by atoms with E-state index in [9.17, 15) is 4.39 Å². The second kappa shape index (κ2) is 5.94. The van der Waals surface area contributed by atoms with Gasteiger partial charge in [0.1, 0.15) is 24.1 Å². The SMILES string of the molecule is COCc1nc(N)cc(Nc2ccc(F)c(Br)c2)n1. The van der Waals surface area contributed by atoms with Gasteiger partial charge in [0.05, 0.1) is 4.47 Å². The van der Waals surface area contributed by atoms with Crippen molar-refractivity contribution in [2.45, 2.75) is 6.61 Å². The Morgan fingerprint density at radius 2 is 2.16 bits per heavy atom. The fraction of sp³-hybridized carbons (Fsp3) is 0.167. The van der Waals surface area contributed by atoms with Crippen molar-refractivity contribution >= 4 is 33.3 Å². The van der Waals surface area contributed by atoms with E-state index in [-0.39, 0.29) is 12.4 Å². The van der Waals surface area contributed by atoms with E-state index in [2.05, 4.69) is 31.2 Å². The first-order chi connectivity index (χ1) is 9.08. The number of aromatic nitrogens is 2. The van der Waals surface area contributed by atoms with Gasteiger partial charge in [-0.2, -0.15) is 0 Å². The maximum absolute atomic E-state index is 13.1. The van der Waals surface area contributed by atoms with E-state index >= 15 is 0 Å². The van der Waals surface area contributed by atoms with Crippen molar-refractivity contribution < 1.29 is 9.13 Å². The summed E-state index contributed by atoms with van der Waals surface area (Å²) in [5.41, 5.74) is 6.37. The molecular formula is C12H12BrFN4O. The fourth-order valence-electron chi connectivity index (χ4n) is 1.50. The van der Waals surface area contributed by atoms with Gasteiger partial charge in [-0.15, -0.1) is 0 Å².